The maximum absolute atomic E-state index is 11.7. The van der Waals surface area contributed by atoms with E-state index in [9.17, 15) is 4.79 Å². The van der Waals surface area contributed by atoms with E-state index in [0.29, 0.717) is 19.6 Å². The van der Waals surface area contributed by atoms with E-state index in [1.807, 2.05) is 14.0 Å². The minimum atomic E-state index is 0.0393. The molecule has 0 aliphatic carbocycles. The van der Waals surface area contributed by atoms with E-state index in [1.54, 1.807) is 11.8 Å². The molecule has 1 aromatic heterocycles. The molecule has 0 saturated carbocycles. The molecular formula is C12H19BrN2O3. The van der Waals surface area contributed by atoms with Gasteiger partial charge in [0, 0.05) is 14.2 Å². The van der Waals surface area contributed by atoms with Gasteiger partial charge in [0.25, 0.3) is 0 Å². The number of hydrogen-bond acceptors (Lipinski definition) is 4. The number of halogens is 1. The smallest absolute Gasteiger partial charge is 0.164 e. The molecule has 0 aliphatic heterocycles. The van der Waals surface area contributed by atoms with Gasteiger partial charge < -0.3 is 9.47 Å². The average Bonchev–Trinajstić information content (AvgIpc) is 2.62. The fourth-order valence-electron chi connectivity index (χ4n) is 1.58. The van der Waals surface area contributed by atoms with E-state index in [2.05, 4.69) is 21.0 Å². The van der Waals surface area contributed by atoms with E-state index in [1.165, 1.54) is 0 Å². The number of carbonyl (C=O) groups is 1. The fourth-order valence-corrected chi connectivity index (χ4v) is 2.33. The second-order valence-electron chi connectivity index (χ2n) is 3.95. The summed E-state index contributed by atoms with van der Waals surface area (Å²) in [5.41, 5.74) is 1.87. The summed E-state index contributed by atoms with van der Waals surface area (Å²) in [5, 5.41) is 4.35. The number of methoxy groups -OCH3 is 1. The van der Waals surface area contributed by atoms with Crippen LogP contribution in [-0.4, -0.2) is 42.5 Å². The molecular weight excluding hydrogens is 300 g/mol. The largest absolute Gasteiger partial charge is 0.382 e. The molecule has 6 heteroatoms. The number of hydrogen-bond donors (Lipinski definition) is 0. The standard InChI is InChI=1S/C12H19BrN2O3/c1-4-10-12(13)11(15(2)14-10)7-9(16)8-18-6-5-17-3/h4-8H2,1-3H3. The summed E-state index contributed by atoms with van der Waals surface area (Å²) in [6.45, 7) is 3.09. The average molecular weight is 319 g/mol. The van der Waals surface area contributed by atoms with E-state index in [4.69, 9.17) is 9.47 Å². The molecule has 0 saturated heterocycles. The van der Waals surface area contributed by atoms with Crippen LogP contribution in [0.1, 0.15) is 18.3 Å². The van der Waals surface area contributed by atoms with E-state index < -0.39 is 0 Å². The normalized spacial score (nSPS) is 10.9. The topological polar surface area (TPSA) is 53.4 Å². The number of carbonyl (C=O) groups excluding carboxylic acids is 1. The molecule has 18 heavy (non-hydrogen) atoms. The molecule has 1 heterocycles. The summed E-state index contributed by atoms with van der Waals surface area (Å²) < 4.78 is 12.7. The lowest BCUT2D eigenvalue weighted by molar-refractivity contribution is -0.123. The van der Waals surface area contributed by atoms with Crippen LogP contribution in [-0.2, 0) is 34.2 Å². The zero-order valence-electron chi connectivity index (χ0n) is 11.0. The molecule has 0 unspecified atom stereocenters. The Morgan fingerprint density at radius 1 is 1.44 bits per heavy atom. The highest BCUT2D eigenvalue weighted by Gasteiger charge is 2.15. The lowest BCUT2D eigenvalue weighted by Gasteiger charge is -2.04. The van der Waals surface area contributed by atoms with Gasteiger partial charge in [-0.1, -0.05) is 6.92 Å². The van der Waals surface area contributed by atoms with Gasteiger partial charge in [-0.25, -0.2) is 0 Å². The predicted octanol–water partition coefficient (Wildman–Crippen LogP) is 1.52. The Balaban J connectivity index is 2.51. The summed E-state index contributed by atoms with van der Waals surface area (Å²) >= 11 is 3.49. The van der Waals surface area contributed by atoms with E-state index in [0.717, 1.165) is 22.3 Å². The summed E-state index contributed by atoms with van der Waals surface area (Å²) in [5.74, 6) is 0.0393. The first-order valence-electron chi connectivity index (χ1n) is 5.88. The number of nitrogens with zero attached hydrogens (tertiary/aromatic N) is 2. The molecule has 0 fully saturated rings. The van der Waals surface area contributed by atoms with Crippen molar-refractivity contribution >= 4 is 21.7 Å². The summed E-state index contributed by atoms with van der Waals surface area (Å²) in [7, 11) is 3.45. The van der Waals surface area contributed by atoms with Crippen molar-refractivity contribution in [3.8, 4) is 0 Å². The monoisotopic (exact) mass is 318 g/mol. The van der Waals surface area contributed by atoms with E-state index >= 15 is 0 Å². The molecule has 5 nitrogen and oxygen atoms in total. The van der Waals surface area contributed by atoms with Crippen molar-refractivity contribution in [2.45, 2.75) is 19.8 Å². The van der Waals surface area contributed by atoms with Crippen LogP contribution in [0.15, 0.2) is 4.47 Å². The maximum atomic E-state index is 11.7. The Labute approximate surface area is 116 Å². The van der Waals surface area contributed by atoms with Crippen molar-refractivity contribution in [1.82, 2.24) is 9.78 Å². The molecule has 0 spiro atoms. The van der Waals surface area contributed by atoms with Crippen LogP contribution >= 0.6 is 15.9 Å². The Kier molecular flexibility index (Phi) is 6.52. The highest BCUT2D eigenvalue weighted by atomic mass is 79.9. The number of Topliss-reactive ketones (excluding diaryl/α,β-unsaturated/α-hetero) is 1. The van der Waals surface area contributed by atoms with Crippen molar-refractivity contribution in [3.05, 3.63) is 15.9 Å². The molecule has 0 bridgehead atoms. The molecule has 0 aliphatic rings. The Bertz CT molecular complexity index is 404. The first kappa shape index (κ1) is 15.3. The van der Waals surface area contributed by atoms with Gasteiger partial charge in [0.15, 0.2) is 5.78 Å². The minimum absolute atomic E-state index is 0.0393. The molecule has 0 amide bonds. The summed E-state index contributed by atoms with van der Waals surface area (Å²) in [6, 6.07) is 0. The van der Waals surface area contributed by atoms with Crippen molar-refractivity contribution in [3.63, 3.8) is 0 Å². The summed E-state index contributed by atoms with van der Waals surface area (Å²) in [4.78, 5) is 11.7. The molecule has 0 radical (unpaired) electrons. The lowest BCUT2D eigenvalue weighted by Crippen LogP contribution is -2.15. The van der Waals surface area contributed by atoms with Crippen LogP contribution in [0, 0.1) is 0 Å². The Hall–Kier alpha value is -0.720. The van der Waals surface area contributed by atoms with Crippen LogP contribution in [0.3, 0.4) is 0 Å². The van der Waals surface area contributed by atoms with Crippen molar-refractivity contribution in [2.75, 3.05) is 26.9 Å². The highest BCUT2D eigenvalue weighted by Crippen LogP contribution is 2.22. The number of ether oxygens (including phenoxy) is 2. The second-order valence-corrected chi connectivity index (χ2v) is 4.74. The van der Waals surface area contributed by atoms with Gasteiger partial charge in [-0.2, -0.15) is 5.10 Å². The Morgan fingerprint density at radius 2 is 2.17 bits per heavy atom. The minimum Gasteiger partial charge on any atom is -0.382 e. The van der Waals surface area contributed by atoms with Gasteiger partial charge in [0.1, 0.15) is 6.61 Å². The quantitative estimate of drug-likeness (QED) is 0.682. The fraction of sp³-hybridized carbons (Fsp3) is 0.667. The predicted molar refractivity (Wildman–Crippen MR) is 71.7 cm³/mol. The second kappa shape index (κ2) is 7.66. The van der Waals surface area contributed by atoms with Gasteiger partial charge >= 0.3 is 0 Å². The molecule has 1 rings (SSSR count). The van der Waals surface area contributed by atoms with Crippen LogP contribution in [0.4, 0.5) is 0 Å². The highest BCUT2D eigenvalue weighted by molar-refractivity contribution is 9.10. The van der Waals surface area contributed by atoms with Crippen LogP contribution in [0.25, 0.3) is 0 Å². The first-order chi connectivity index (χ1) is 8.60. The third-order valence-electron chi connectivity index (χ3n) is 2.56. The van der Waals surface area contributed by atoms with Crippen LogP contribution < -0.4 is 0 Å². The SMILES string of the molecule is CCc1nn(C)c(CC(=O)COCCOC)c1Br. The molecule has 0 atom stereocenters. The third kappa shape index (κ3) is 4.19. The zero-order valence-corrected chi connectivity index (χ0v) is 12.6. The van der Waals surface area contributed by atoms with Crippen LogP contribution in [0.2, 0.25) is 0 Å². The van der Waals surface area contributed by atoms with Crippen LogP contribution in [0.5, 0.6) is 0 Å². The molecule has 0 N–H and O–H groups in total. The Morgan fingerprint density at radius 3 is 2.72 bits per heavy atom. The molecule has 0 aromatic carbocycles. The van der Waals surface area contributed by atoms with Gasteiger partial charge in [-0.3, -0.25) is 9.48 Å². The lowest BCUT2D eigenvalue weighted by atomic mass is 10.2. The number of ketones is 1. The summed E-state index contributed by atoms with van der Waals surface area (Å²) in [6.07, 6.45) is 1.17. The molecule has 1 aromatic rings. The first-order valence-corrected chi connectivity index (χ1v) is 6.68. The van der Waals surface area contributed by atoms with Gasteiger partial charge in [-0.05, 0) is 22.4 Å². The number of rotatable bonds is 8. The van der Waals surface area contributed by atoms with E-state index in [-0.39, 0.29) is 12.4 Å². The van der Waals surface area contributed by atoms with Crippen molar-refractivity contribution < 1.29 is 14.3 Å². The van der Waals surface area contributed by atoms with Gasteiger partial charge in [0.2, 0.25) is 0 Å². The number of aryl methyl sites for hydroxylation is 2. The van der Waals surface area contributed by atoms with Gasteiger partial charge in [0.05, 0.1) is 35.5 Å². The number of aromatic nitrogens is 2. The van der Waals surface area contributed by atoms with Gasteiger partial charge in [-0.15, -0.1) is 0 Å². The third-order valence-corrected chi connectivity index (χ3v) is 3.48. The van der Waals surface area contributed by atoms with Crippen molar-refractivity contribution in [1.29, 1.82) is 0 Å². The molecule has 102 valence electrons. The zero-order chi connectivity index (χ0) is 13.5. The maximum Gasteiger partial charge on any atom is 0.164 e. The van der Waals surface area contributed by atoms with Crippen molar-refractivity contribution in [2.24, 2.45) is 7.05 Å².